The molecule has 2 aromatic rings. The molecule has 1 aromatic carbocycles. The molecule has 1 saturated heterocycles. The van der Waals surface area contributed by atoms with Crippen LogP contribution < -0.4 is 11.3 Å². The minimum absolute atomic E-state index is 0.0435. The molecular formula is C16H21N3O. The summed E-state index contributed by atoms with van der Waals surface area (Å²) in [6, 6.07) is 9.78. The van der Waals surface area contributed by atoms with Gasteiger partial charge in [-0.05, 0) is 43.5 Å². The van der Waals surface area contributed by atoms with Crippen LogP contribution in [0.15, 0.2) is 35.1 Å². The van der Waals surface area contributed by atoms with Crippen molar-refractivity contribution < 1.29 is 0 Å². The van der Waals surface area contributed by atoms with E-state index in [-0.39, 0.29) is 11.6 Å². The first-order chi connectivity index (χ1) is 9.58. The number of fused-ring (bicyclic) bond motifs is 1. The Labute approximate surface area is 118 Å². The number of aromatic nitrogens is 1. The van der Waals surface area contributed by atoms with Crippen molar-refractivity contribution in [2.75, 3.05) is 25.9 Å². The van der Waals surface area contributed by atoms with Crippen LogP contribution in [-0.4, -0.2) is 29.6 Å². The zero-order chi connectivity index (χ0) is 14.3. The highest BCUT2D eigenvalue weighted by molar-refractivity contribution is 5.83. The van der Waals surface area contributed by atoms with E-state index in [0.717, 1.165) is 30.3 Å². The van der Waals surface area contributed by atoms with Gasteiger partial charge in [0.25, 0.3) is 5.56 Å². The molecule has 2 heterocycles. The Morgan fingerprint density at radius 3 is 2.80 bits per heavy atom. The van der Waals surface area contributed by atoms with Crippen molar-refractivity contribution in [3.05, 3.63) is 40.7 Å². The summed E-state index contributed by atoms with van der Waals surface area (Å²) >= 11 is 0. The molecule has 0 bridgehead atoms. The quantitative estimate of drug-likeness (QED) is 0.864. The van der Waals surface area contributed by atoms with Gasteiger partial charge in [0.2, 0.25) is 0 Å². The molecule has 1 aliphatic rings. The Balaban J connectivity index is 2.14. The standard InChI is InChI=1S/C16H21N3O/c1-11-10-18(2)8-7-14(11)19-15(17)9-12-5-3-4-6-13(12)16(19)20/h3-6,9,11,14H,7-8,10,17H2,1-2H3. The molecule has 0 spiro atoms. The molecule has 3 rings (SSSR count). The fourth-order valence-electron chi connectivity index (χ4n) is 3.36. The number of benzene rings is 1. The lowest BCUT2D eigenvalue weighted by molar-refractivity contribution is 0.158. The van der Waals surface area contributed by atoms with Gasteiger partial charge in [-0.15, -0.1) is 0 Å². The lowest BCUT2D eigenvalue weighted by atomic mass is 9.93. The molecule has 4 nitrogen and oxygen atoms in total. The van der Waals surface area contributed by atoms with E-state index >= 15 is 0 Å². The highest BCUT2D eigenvalue weighted by Crippen LogP contribution is 2.29. The van der Waals surface area contributed by atoms with E-state index in [1.165, 1.54) is 0 Å². The molecule has 2 unspecified atom stereocenters. The number of piperidine rings is 1. The Bertz CT molecular complexity index is 692. The Morgan fingerprint density at radius 2 is 2.05 bits per heavy atom. The van der Waals surface area contributed by atoms with Gasteiger partial charge in [0, 0.05) is 18.0 Å². The second-order valence-corrected chi connectivity index (χ2v) is 5.93. The summed E-state index contributed by atoms with van der Waals surface area (Å²) in [6.45, 7) is 4.21. The van der Waals surface area contributed by atoms with Gasteiger partial charge in [0.1, 0.15) is 5.82 Å². The van der Waals surface area contributed by atoms with Crippen LogP contribution in [-0.2, 0) is 0 Å². The SMILES string of the molecule is CC1CN(C)CCC1n1c(N)cc2ccccc2c1=O. The summed E-state index contributed by atoms with van der Waals surface area (Å²) in [5, 5.41) is 1.68. The van der Waals surface area contributed by atoms with Gasteiger partial charge in [-0.25, -0.2) is 0 Å². The zero-order valence-corrected chi connectivity index (χ0v) is 12.0. The second-order valence-electron chi connectivity index (χ2n) is 5.93. The van der Waals surface area contributed by atoms with E-state index in [4.69, 9.17) is 5.73 Å². The lowest BCUT2D eigenvalue weighted by Gasteiger charge is -2.36. The first-order valence-corrected chi connectivity index (χ1v) is 7.16. The molecule has 2 atom stereocenters. The summed E-state index contributed by atoms with van der Waals surface area (Å²) in [7, 11) is 2.12. The van der Waals surface area contributed by atoms with Crippen LogP contribution in [0.25, 0.3) is 10.8 Å². The van der Waals surface area contributed by atoms with Crippen LogP contribution in [0.1, 0.15) is 19.4 Å². The highest BCUT2D eigenvalue weighted by atomic mass is 16.1. The Hall–Kier alpha value is -1.81. The molecular weight excluding hydrogens is 250 g/mol. The van der Waals surface area contributed by atoms with Crippen molar-refractivity contribution in [3.63, 3.8) is 0 Å². The molecule has 20 heavy (non-hydrogen) atoms. The molecule has 1 aromatic heterocycles. The van der Waals surface area contributed by atoms with Gasteiger partial charge in [0.15, 0.2) is 0 Å². The van der Waals surface area contributed by atoms with E-state index in [9.17, 15) is 4.79 Å². The van der Waals surface area contributed by atoms with Gasteiger partial charge in [-0.3, -0.25) is 9.36 Å². The second kappa shape index (κ2) is 4.94. The molecule has 1 fully saturated rings. The normalized spacial score (nSPS) is 24.1. The molecule has 1 aliphatic heterocycles. The van der Waals surface area contributed by atoms with Crippen molar-refractivity contribution in [3.8, 4) is 0 Å². The maximum absolute atomic E-state index is 12.7. The molecule has 0 amide bonds. The number of nitrogens with zero attached hydrogens (tertiary/aromatic N) is 2. The largest absolute Gasteiger partial charge is 0.385 e. The maximum Gasteiger partial charge on any atom is 0.260 e. The number of rotatable bonds is 1. The molecule has 0 radical (unpaired) electrons. The first kappa shape index (κ1) is 13.2. The van der Waals surface area contributed by atoms with Crippen molar-refractivity contribution in [1.29, 1.82) is 0 Å². The summed E-state index contributed by atoms with van der Waals surface area (Å²) in [4.78, 5) is 15.1. The van der Waals surface area contributed by atoms with Gasteiger partial charge in [-0.2, -0.15) is 0 Å². The average Bonchev–Trinajstić information content (AvgIpc) is 2.41. The highest BCUT2D eigenvalue weighted by Gasteiger charge is 2.27. The van der Waals surface area contributed by atoms with Crippen molar-refractivity contribution in [1.82, 2.24) is 9.47 Å². The summed E-state index contributed by atoms with van der Waals surface area (Å²) < 4.78 is 1.81. The van der Waals surface area contributed by atoms with Crippen LogP contribution in [0.2, 0.25) is 0 Å². The number of likely N-dealkylation sites (tertiary alicyclic amines) is 1. The fourth-order valence-corrected chi connectivity index (χ4v) is 3.36. The van der Waals surface area contributed by atoms with E-state index in [2.05, 4.69) is 18.9 Å². The van der Waals surface area contributed by atoms with Crippen molar-refractivity contribution in [2.45, 2.75) is 19.4 Å². The van der Waals surface area contributed by atoms with Crippen LogP contribution in [0, 0.1) is 5.92 Å². The number of pyridine rings is 1. The fraction of sp³-hybridized carbons (Fsp3) is 0.438. The first-order valence-electron chi connectivity index (χ1n) is 7.16. The third kappa shape index (κ3) is 2.10. The predicted octanol–water partition coefficient (Wildman–Crippen LogP) is 2.10. The minimum Gasteiger partial charge on any atom is -0.385 e. The van der Waals surface area contributed by atoms with Gasteiger partial charge in [-0.1, -0.05) is 25.1 Å². The Kier molecular flexibility index (Phi) is 3.26. The third-order valence-electron chi connectivity index (χ3n) is 4.39. The summed E-state index contributed by atoms with van der Waals surface area (Å²) in [6.07, 6.45) is 0.972. The number of hydrogen-bond acceptors (Lipinski definition) is 3. The minimum atomic E-state index is 0.0435. The van der Waals surface area contributed by atoms with Crippen LogP contribution in [0.3, 0.4) is 0 Å². The molecule has 106 valence electrons. The monoisotopic (exact) mass is 271 g/mol. The van der Waals surface area contributed by atoms with Crippen molar-refractivity contribution >= 4 is 16.6 Å². The lowest BCUT2D eigenvalue weighted by Crippen LogP contribution is -2.41. The van der Waals surface area contributed by atoms with Crippen LogP contribution in [0.4, 0.5) is 5.82 Å². The van der Waals surface area contributed by atoms with E-state index in [1.807, 2.05) is 30.3 Å². The van der Waals surface area contributed by atoms with Gasteiger partial charge >= 0.3 is 0 Å². The van der Waals surface area contributed by atoms with Gasteiger partial charge < -0.3 is 10.6 Å². The zero-order valence-electron chi connectivity index (χ0n) is 12.0. The molecule has 0 aliphatic carbocycles. The third-order valence-corrected chi connectivity index (χ3v) is 4.39. The summed E-state index contributed by atoms with van der Waals surface area (Å²) in [5.41, 5.74) is 6.21. The van der Waals surface area contributed by atoms with Gasteiger partial charge in [0.05, 0.1) is 0 Å². The number of nitrogens with two attached hydrogens (primary N) is 1. The summed E-state index contributed by atoms with van der Waals surface area (Å²) in [5.74, 6) is 1.00. The van der Waals surface area contributed by atoms with Crippen LogP contribution >= 0.6 is 0 Å². The average molecular weight is 271 g/mol. The molecule has 4 heteroatoms. The number of hydrogen-bond donors (Lipinski definition) is 1. The Morgan fingerprint density at radius 1 is 1.30 bits per heavy atom. The molecule has 0 saturated carbocycles. The van der Waals surface area contributed by atoms with Crippen LogP contribution in [0.5, 0.6) is 0 Å². The predicted molar refractivity (Wildman–Crippen MR) is 82.9 cm³/mol. The smallest absolute Gasteiger partial charge is 0.260 e. The number of nitrogen functional groups attached to an aromatic ring is 1. The topological polar surface area (TPSA) is 51.3 Å². The van der Waals surface area contributed by atoms with Crippen molar-refractivity contribution in [2.24, 2.45) is 5.92 Å². The van der Waals surface area contributed by atoms with E-state index in [1.54, 1.807) is 4.57 Å². The molecule has 2 N–H and O–H groups in total. The number of anilines is 1. The van der Waals surface area contributed by atoms with E-state index < -0.39 is 0 Å². The van der Waals surface area contributed by atoms with E-state index in [0.29, 0.717) is 11.7 Å². The maximum atomic E-state index is 12.7.